The van der Waals surface area contributed by atoms with Crippen molar-refractivity contribution in [1.29, 1.82) is 0 Å². The van der Waals surface area contributed by atoms with Gasteiger partial charge in [-0.05, 0) is 25.8 Å². The van der Waals surface area contributed by atoms with Gasteiger partial charge < -0.3 is 23.0 Å². The molecular formula is C7H12BF3KNO2. The molecule has 0 aromatic heterocycles. The summed E-state index contributed by atoms with van der Waals surface area (Å²) >= 11 is 0. The number of hydrogen-bond donors (Lipinski definition) is 1. The van der Waals surface area contributed by atoms with Crippen LogP contribution in [0.1, 0.15) is 19.3 Å². The van der Waals surface area contributed by atoms with Crippen LogP contribution < -0.4 is 51.4 Å². The van der Waals surface area contributed by atoms with Crippen molar-refractivity contribution in [2.75, 3.05) is 13.0 Å². The number of carboxylic acid groups (broad SMARTS) is 1. The first-order valence-corrected chi connectivity index (χ1v) is 4.58. The number of rotatable bonds is 3. The number of carbonyl (C=O) groups is 1. The summed E-state index contributed by atoms with van der Waals surface area (Å²) in [6.07, 6.45) is 0.604. The van der Waals surface area contributed by atoms with Crippen molar-refractivity contribution in [3.8, 4) is 0 Å². The molecule has 1 fully saturated rings. The zero-order chi connectivity index (χ0) is 10.8. The van der Waals surface area contributed by atoms with Crippen LogP contribution in [0.25, 0.3) is 0 Å². The Morgan fingerprint density at radius 2 is 2.00 bits per heavy atom. The molecule has 3 nitrogen and oxygen atoms in total. The molecule has 1 atom stereocenters. The summed E-state index contributed by atoms with van der Waals surface area (Å²) in [5.74, 6) is -1.15. The Bertz CT molecular complexity index is 227. The van der Waals surface area contributed by atoms with Crippen molar-refractivity contribution in [3.05, 3.63) is 0 Å². The van der Waals surface area contributed by atoms with Crippen LogP contribution in [0.4, 0.5) is 12.9 Å². The fourth-order valence-corrected chi connectivity index (χ4v) is 1.76. The minimum Gasteiger partial charge on any atom is -0.480 e. The predicted octanol–water partition coefficient (Wildman–Crippen LogP) is -1.68. The topological polar surface area (TPSA) is 40.5 Å². The van der Waals surface area contributed by atoms with Gasteiger partial charge in [0.25, 0.3) is 0 Å². The van der Waals surface area contributed by atoms with Crippen molar-refractivity contribution in [3.63, 3.8) is 0 Å². The van der Waals surface area contributed by atoms with Gasteiger partial charge in [0.15, 0.2) is 0 Å². The SMILES string of the molecule is O=C(O)C1CCCCN1C[B-](F)(F)F.[K+]. The maximum absolute atomic E-state index is 12.1. The zero-order valence-electron chi connectivity index (χ0n) is 8.63. The molecule has 15 heavy (non-hydrogen) atoms. The summed E-state index contributed by atoms with van der Waals surface area (Å²) in [6, 6.07) is -0.952. The van der Waals surface area contributed by atoms with Crippen LogP contribution in [0.2, 0.25) is 0 Å². The maximum atomic E-state index is 12.1. The molecule has 0 aliphatic carbocycles. The average molecular weight is 249 g/mol. The molecule has 0 bridgehead atoms. The zero-order valence-corrected chi connectivity index (χ0v) is 11.7. The van der Waals surface area contributed by atoms with Crippen molar-refractivity contribution in [2.45, 2.75) is 25.3 Å². The van der Waals surface area contributed by atoms with Gasteiger partial charge >= 0.3 is 64.3 Å². The Morgan fingerprint density at radius 3 is 2.47 bits per heavy atom. The molecule has 0 radical (unpaired) electrons. The van der Waals surface area contributed by atoms with Gasteiger partial charge in [-0.1, -0.05) is 6.42 Å². The summed E-state index contributed by atoms with van der Waals surface area (Å²) < 4.78 is 36.3. The van der Waals surface area contributed by atoms with Crippen molar-refractivity contribution in [1.82, 2.24) is 4.90 Å². The van der Waals surface area contributed by atoms with Crippen LogP contribution in [0.15, 0.2) is 0 Å². The van der Waals surface area contributed by atoms with E-state index in [1.807, 2.05) is 0 Å². The second kappa shape index (κ2) is 6.61. The first kappa shape index (κ1) is 15.9. The molecule has 0 amide bonds. The van der Waals surface area contributed by atoms with E-state index in [-0.39, 0.29) is 57.9 Å². The number of piperidine rings is 1. The minimum atomic E-state index is -4.92. The van der Waals surface area contributed by atoms with E-state index < -0.39 is 25.4 Å². The molecule has 0 spiro atoms. The fraction of sp³-hybridized carbons (Fsp3) is 0.857. The van der Waals surface area contributed by atoms with E-state index in [2.05, 4.69) is 0 Å². The van der Waals surface area contributed by atoms with Gasteiger partial charge in [0.2, 0.25) is 0 Å². The van der Waals surface area contributed by atoms with Crippen LogP contribution in [-0.4, -0.2) is 42.0 Å². The van der Waals surface area contributed by atoms with Gasteiger partial charge in [0, 0.05) is 0 Å². The van der Waals surface area contributed by atoms with E-state index in [0.717, 1.165) is 4.90 Å². The summed E-state index contributed by atoms with van der Waals surface area (Å²) in [7, 11) is 0. The second-order valence-corrected chi connectivity index (χ2v) is 3.56. The molecule has 1 aliphatic rings. The van der Waals surface area contributed by atoms with E-state index >= 15 is 0 Å². The van der Waals surface area contributed by atoms with Crippen LogP contribution in [-0.2, 0) is 4.79 Å². The summed E-state index contributed by atoms with van der Waals surface area (Å²) in [6.45, 7) is -4.69. The molecule has 1 aliphatic heterocycles. The van der Waals surface area contributed by atoms with Gasteiger partial charge in [-0.25, -0.2) is 0 Å². The normalized spacial score (nSPS) is 23.3. The Morgan fingerprint density at radius 1 is 1.40 bits per heavy atom. The average Bonchev–Trinajstić information content (AvgIpc) is 2.01. The van der Waals surface area contributed by atoms with Gasteiger partial charge in [-0.3, -0.25) is 4.79 Å². The van der Waals surface area contributed by atoms with E-state index in [1.54, 1.807) is 0 Å². The van der Waals surface area contributed by atoms with Crippen molar-refractivity contribution >= 4 is 12.9 Å². The number of carboxylic acids is 1. The molecule has 1 N–H and O–H groups in total. The molecule has 1 heterocycles. The third-order valence-electron chi connectivity index (χ3n) is 2.34. The van der Waals surface area contributed by atoms with Crippen molar-refractivity contribution < 1.29 is 74.2 Å². The first-order chi connectivity index (χ1) is 6.40. The van der Waals surface area contributed by atoms with Gasteiger partial charge in [0.1, 0.15) is 6.04 Å². The van der Waals surface area contributed by atoms with Crippen LogP contribution in [0, 0.1) is 0 Å². The number of halogens is 3. The Balaban J connectivity index is 0.00000196. The third-order valence-corrected chi connectivity index (χ3v) is 2.34. The number of likely N-dealkylation sites (tertiary alicyclic amines) is 1. The third kappa shape index (κ3) is 5.69. The number of nitrogens with zero attached hydrogens (tertiary/aromatic N) is 1. The standard InChI is InChI=1S/C7H12BF3NO2.K/c9-8(10,11)5-12-4-2-1-3-6(12)7(13)14;/h6H,1-5H2,(H,13,14);/q-1;+1. The quantitative estimate of drug-likeness (QED) is 0.607. The van der Waals surface area contributed by atoms with Crippen molar-refractivity contribution in [2.24, 2.45) is 0 Å². The van der Waals surface area contributed by atoms with E-state index in [0.29, 0.717) is 19.3 Å². The number of aliphatic carboxylic acids is 1. The van der Waals surface area contributed by atoms with Gasteiger partial charge in [-0.15, -0.1) is 0 Å². The van der Waals surface area contributed by atoms with Crippen LogP contribution in [0.5, 0.6) is 0 Å². The molecule has 8 heteroatoms. The largest absolute Gasteiger partial charge is 1.00 e. The Labute approximate surface area is 129 Å². The molecule has 1 rings (SSSR count). The smallest absolute Gasteiger partial charge is 0.480 e. The first-order valence-electron chi connectivity index (χ1n) is 4.58. The second-order valence-electron chi connectivity index (χ2n) is 3.56. The van der Waals surface area contributed by atoms with Crippen LogP contribution >= 0.6 is 0 Å². The molecule has 0 aromatic carbocycles. The van der Waals surface area contributed by atoms with Crippen LogP contribution in [0.3, 0.4) is 0 Å². The molecular weight excluding hydrogens is 237 g/mol. The number of hydrogen-bond acceptors (Lipinski definition) is 2. The van der Waals surface area contributed by atoms with E-state index in [1.165, 1.54) is 0 Å². The summed E-state index contributed by atoms with van der Waals surface area (Å²) in [5, 5.41) is 8.70. The molecule has 82 valence electrons. The van der Waals surface area contributed by atoms with E-state index in [9.17, 15) is 17.7 Å². The maximum Gasteiger partial charge on any atom is 1.00 e. The Kier molecular flexibility index (Phi) is 7.01. The summed E-state index contributed by atoms with van der Waals surface area (Å²) in [5.41, 5.74) is 0. The Hall–Kier alpha value is 0.921. The summed E-state index contributed by atoms with van der Waals surface area (Å²) in [4.78, 5) is 11.7. The predicted molar refractivity (Wildman–Crippen MR) is 45.9 cm³/mol. The minimum absolute atomic E-state index is 0. The molecule has 0 saturated carbocycles. The van der Waals surface area contributed by atoms with Gasteiger partial charge in [0.05, 0.1) is 0 Å². The molecule has 0 aromatic rings. The van der Waals surface area contributed by atoms with E-state index in [4.69, 9.17) is 5.11 Å². The van der Waals surface area contributed by atoms with Gasteiger partial charge in [-0.2, -0.15) is 0 Å². The molecule has 1 saturated heterocycles. The molecule has 1 unspecified atom stereocenters. The monoisotopic (exact) mass is 249 g/mol. The fourth-order valence-electron chi connectivity index (χ4n) is 1.76.